The summed E-state index contributed by atoms with van der Waals surface area (Å²) in [6.45, 7) is 9.67. The quantitative estimate of drug-likeness (QED) is 0.841. The summed E-state index contributed by atoms with van der Waals surface area (Å²) < 4.78 is 5.52. The molecule has 0 saturated carbocycles. The van der Waals surface area contributed by atoms with Gasteiger partial charge in [0.05, 0.1) is 6.10 Å². The zero-order valence-electron chi connectivity index (χ0n) is 12.9. The molecule has 20 heavy (non-hydrogen) atoms. The third-order valence-electron chi connectivity index (χ3n) is 3.36. The standard InChI is InChI=1S/C16H25NO3/c1-10(2)12(4)17-16(19)9-20-15-7-6-11(3)8-14(15)13(5)18/h6-8,10,12-13,18H,9H2,1-5H3,(H,17,19). The Hall–Kier alpha value is -1.55. The minimum Gasteiger partial charge on any atom is -0.483 e. The van der Waals surface area contributed by atoms with Gasteiger partial charge in [-0.25, -0.2) is 0 Å². The third-order valence-corrected chi connectivity index (χ3v) is 3.36. The van der Waals surface area contributed by atoms with Crippen molar-refractivity contribution in [3.8, 4) is 5.75 Å². The lowest BCUT2D eigenvalue weighted by Gasteiger charge is -2.18. The van der Waals surface area contributed by atoms with Gasteiger partial charge in [-0.05, 0) is 38.8 Å². The first-order valence-electron chi connectivity index (χ1n) is 7.02. The molecule has 0 aliphatic carbocycles. The second-order valence-corrected chi connectivity index (χ2v) is 5.61. The molecule has 112 valence electrons. The molecule has 0 aliphatic rings. The molecule has 2 N–H and O–H groups in total. The number of aliphatic hydroxyl groups excluding tert-OH is 1. The number of aryl methyl sites for hydroxylation is 1. The van der Waals surface area contributed by atoms with Crippen molar-refractivity contribution >= 4 is 5.91 Å². The lowest BCUT2D eigenvalue weighted by atomic mass is 10.1. The minimum atomic E-state index is -0.623. The van der Waals surface area contributed by atoms with Crippen molar-refractivity contribution in [2.75, 3.05) is 6.61 Å². The average molecular weight is 279 g/mol. The monoisotopic (exact) mass is 279 g/mol. The number of amides is 1. The number of benzene rings is 1. The van der Waals surface area contributed by atoms with Crippen LogP contribution in [0.2, 0.25) is 0 Å². The smallest absolute Gasteiger partial charge is 0.258 e. The fraction of sp³-hybridized carbons (Fsp3) is 0.562. The third kappa shape index (κ3) is 4.85. The van der Waals surface area contributed by atoms with Crippen molar-refractivity contribution in [2.24, 2.45) is 5.92 Å². The highest BCUT2D eigenvalue weighted by atomic mass is 16.5. The summed E-state index contributed by atoms with van der Waals surface area (Å²) in [5.41, 5.74) is 1.75. The lowest BCUT2D eigenvalue weighted by Crippen LogP contribution is -2.39. The van der Waals surface area contributed by atoms with Crippen LogP contribution in [0.5, 0.6) is 5.75 Å². The van der Waals surface area contributed by atoms with Crippen LogP contribution in [0.15, 0.2) is 18.2 Å². The normalized spacial score (nSPS) is 13.9. The number of aliphatic hydroxyl groups is 1. The molecule has 0 aromatic heterocycles. The molecule has 0 bridgehead atoms. The van der Waals surface area contributed by atoms with Crippen LogP contribution in [-0.2, 0) is 4.79 Å². The number of carbonyl (C=O) groups is 1. The Morgan fingerprint density at radius 2 is 1.95 bits per heavy atom. The summed E-state index contributed by atoms with van der Waals surface area (Å²) in [6, 6.07) is 5.67. The van der Waals surface area contributed by atoms with Gasteiger partial charge in [0.2, 0.25) is 0 Å². The maximum atomic E-state index is 11.8. The van der Waals surface area contributed by atoms with E-state index < -0.39 is 6.10 Å². The minimum absolute atomic E-state index is 0.0418. The Balaban J connectivity index is 2.64. The van der Waals surface area contributed by atoms with Crippen molar-refractivity contribution in [3.63, 3.8) is 0 Å². The number of carbonyl (C=O) groups excluding carboxylic acids is 1. The van der Waals surface area contributed by atoms with Crippen molar-refractivity contribution in [1.29, 1.82) is 0 Å². The van der Waals surface area contributed by atoms with Gasteiger partial charge in [0.25, 0.3) is 5.91 Å². The molecule has 1 rings (SSSR count). The number of nitrogens with one attached hydrogen (secondary N) is 1. The van der Waals surface area contributed by atoms with Crippen LogP contribution in [0, 0.1) is 12.8 Å². The lowest BCUT2D eigenvalue weighted by molar-refractivity contribution is -0.124. The molecule has 2 unspecified atom stereocenters. The fourth-order valence-corrected chi connectivity index (χ4v) is 1.73. The maximum Gasteiger partial charge on any atom is 0.258 e. The summed E-state index contributed by atoms with van der Waals surface area (Å²) >= 11 is 0. The number of ether oxygens (including phenoxy) is 1. The van der Waals surface area contributed by atoms with E-state index in [-0.39, 0.29) is 18.6 Å². The van der Waals surface area contributed by atoms with Gasteiger partial charge in [0, 0.05) is 11.6 Å². The fourth-order valence-electron chi connectivity index (χ4n) is 1.73. The Labute approximate surface area is 121 Å². The van der Waals surface area contributed by atoms with E-state index >= 15 is 0 Å². The van der Waals surface area contributed by atoms with Crippen molar-refractivity contribution < 1.29 is 14.6 Å². The molecule has 4 nitrogen and oxygen atoms in total. The summed E-state index contributed by atoms with van der Waals surface area (Å²) in [5, 5.41) is 12.6. The van der Waals surface area contributed by atoms with Crippen LogP contribution in [0.3, 0.4) is 0 Å². The second kappa shape index (κ2) is 7.29. The van der Waals surface area contributed by atoms with Gasteiger partial charge in [-0.1, -0.05) is 25.5 Å². The highest BCUT2D eigenvalue weighted by molar-refractivity contribution is 5.77. The van der Waals surface area contributed by atoms with Gasteiger partial charge < -0.3 is 15.2 Å². The summed E-state index contributed by atoms with van der Waals surface area (Å²) in [7, 11) is 0. The van der Waals surface area contributed by atoms with E-state index in [4.69, 9.17) is 4.74 Å². The summed E-state index contributed by atoms with van der Waals surface area (Å²) in [4.78, 5) is 11.8. The van der Waals surface area contributed by atoms with E-state index in [1.54, 1.807) is 13.0 Å². The van der Waals surface area contributed by atoms with Crippen LogP contribution >= 0.6 is 0 Å². The van der Waals surface area contributed by atoms with E-state index in [2.05, 4.69) is 19.2 Å². The molecule has 0 heterocycles. The van der Waals surface area contributed by atoms with Gasteiger partial charge >= 0.3 is 0 Å². The van der Waals surface area contributed by atoms with Crippen molar-refractivity contribution in [2.45, 2.75) is 46.8 Å². The molecule has 1 amide bonds. The van der Waals surface area contributed by atoms with E-state index in [0.717, 1.165) is 5.56 Å². The molecule has 0 fully saturated rings. The number of hydrogen-bond acceptors (Lipinski definition) is 3. The Morgan fingerprint density at radius 3 is 2.50 bits per heavy atom. The molecule has 1 aromatic carbocycles. The van der Waals surface area contributed by atoms with Crippen molar-refractivity contribution in [3.05, 3.63) is 29.3 Å². The molecule has 0 radical (unpaired) electrons. The summed E-state index contributed by atoms with van der Waals surface area (Å²) in [5.74, 6) is 0.785. The predicted octanol–water partition coefficient (Wildman–Crippen LogP) is 2.59. The highest BCUT2D eigenvalue weighted by Crippen LogP contribution is 2.26. The molecule has 0 spiro atoms. The number of rotatable bonds is 6. The molecule has 1 aromatic rings. The SMILES string of the molecule is Cc1ccc(OCC(=O)NC(C)C(C)C)c(C(C)O)c1. The summed E-state index contributed by atoms with van der Waals surface area (Å²) in [6.07, 6.45) is -0.623. The first-order chi connectivity index (χ1) is 9.31. The molecule has 2 atom stereocenters. The van der Waals surface area contributed by atoms with E-state index in [9.17, 15) is 9.90 Å². The largest absolute Gasteiger partial charge is 0.483 e. The Morgan fingerprint density at radius 1 is 1.30 bits per heavy atom. The van der Waals surface area contributed by atoms with Crippen LogP contribution in [0.1, 0.15) is 44.9 Å². The average Bonchev–Trinajstić information content (AvgIpc) is 2.36. The first-order valence-corrected chi connectivity index (χ1v) is 7.02. The van der Waals surface area contributed by atoms with E-state index in [0.29, 0.717) is 17.2 Å². The zero-order chi connectivity index (χ0) is 15.3. The van der Waals surface area contributed by atoms with Gasteiger partial charge in [-0.2, -0.15) is 0 Å². The van der Waals surface area contributed by atoms with Crippen molar-refractivity contribution in [1.82, 2.24) is 5.32 Å². The van der Waals surface area contributed by atoms with Crippen LogP contribution in [0.25, 0.3) is 0 Å². The van der Waals surface area contributed by atoms with Gasteiger partial charge in [-0.15, -0.1) is 0 Å². The molecule has 0 aliphatic heterocycles. The Kier molecular flexibility index (Phi) is 6.02. The van der Waals surface area contributed by atoms with E-state index in [1.807, 2.05) is 26.0 Å². The predicted molar refractivity (Wildman–Crippen MR) is 79.8 cm³/mol. The topological polar surface area (TPSA) is 58.6 Å². The first kappa shape index (κ1) is 16.5. The van der Waals surface area contributed by atoms with Crippen LogP contribution in [0.4, 0.5) is 0 Å². The highest BCUT2D eigenvalue weighted by Gasteiger charge is 2.13. The Bertz CT molecular complexity index is 455. The zero-order valence-corrected chi connectivity index (χ0v) is 12.9. The van der Waals surface area contributed by atoms with Crippen LogP contribution in [-0.4, -0.2) is 23.7 Å². The maximum absolute atomic E-state index is 11.8. The van der Waals surface area contributed by atoms with Gasteiger partial charge in [0.1, 0.15) is 5.75 Å². The molecular weight excluding hydrogens is 254 g/mol. The van der Waals surface area contributed by atoms with Gasteiger partial charge in [-0.3, -0.25) is 4.79 Å². The van der Waals surface area contributed by atoms with E-state index in [1.165, 1.54) is 0 Å². The molecule has 4 heteroatoms. The molecular formula is C16H25NO3. The van der Waals surface area contributed by atoms with Gasteiger partial charge in [0.15, 0.2) is 6.61 Å². The van der Waals surface area contributed by atoms with Crippen LogP contribution < -0.4 is 10.1 Å². The number of hydrogen-bond donors (Lipinski definition) is 2. The molecule has 0 saturated heterocycles. The second-order valence-electron chi connectivity index (χ2n) is 5.61.